The van der Waals surface area contributed by atoms with Gasteiger partial charge in [-0.3, -0.25) is 0 Å². The summed E-state index contributed by atoms with van der Waals surface area (Å²) < 4.78 is 43.6. The standard InChI is InChI=1S/C13H14F2O8/c1-3-9(16)20-5-7-22-11(18)13(14,15)12(19)23-8-6-21-10(17)4-2/h3-4H,1-2,5-8H2. The predicted octanol–water partition coefficient (Wildman–Crippen LogP) is 0.166. The minimum atomic E-state index is -4.55. The van der Waals surface area contributed by atoms with Crippen molar-refractivity contribution >= 4 is 23.9 Å². The van der Waals surface area contributed by atoms with Crippen molar-refractivity contribution < 1.29 is 46.9 Å². The van der Waals surface area contributed by atoms with Gasteiger partial charge in [0.1, 0.15) is 26.4 Å². The van der Waals surface area contributed by atoms with Gasteiger partial charge in [0, 0.05) is 12.2 Å². The number of carbonyl (C=O) groups excluding carboxylic acids is 4. The van der Waals surface area contributed by atoms with Crippen LogP contribution >= 0.6 is 0 Å². The molecule has 0 aromatic carbocycles. The smallest absolute Gasteiger partial charge is 0.437 e. The zero-order valence-electron chi connectivity index (χ0n) is 11.9. The highest BCUT2D eigenvalue weighted by Crippen LogP contribution is 2.17. The third-order valence-electron chi connectivity index (χ3n) is 1.97. The summed E-state index contributed by atoms with van der Waals surface area (Å²) in [5.41, 5.74) is 0. The Hall–Kier alpha value is -2.78. The summed E-state index contributed by atoms with van der Waals surface area (Å²) in [6, 6.07) is 0. The third-order valence-corrected chi connectivity index (χ3v) is 1.97. The Morgan fingerprint density at radius 3 is 1.35 bits per heavy atom. The second-order valence-electron chi connectivity index (χ2n) is 3.59. The number of esters is 4. The number of alkyl halides is 2. The highest BCUT2D eigenvalue weighted by atomic mass is 19.3. The van der Waals surface area contributed by atoms with Gasteiger partial charge in [-0.15, -0.1) is 0 Å². The Bertz CT molecular complexity index is 444. The van der Waals surface area contributed by atoms with Crippen LogP contribution in [0.25, 0.3) is 0 Å². The van der Waals surface area contributed by atoms with E-state index >= 15 is 0 Å². The number of ether oxygens (including phenoxy) is 4. The lowest BCUT2D eigenvalue weighted by Crippen LogP contribution is -2.41. The Morgan fingerprint density at radius 2 is 1.04 bits per heavy atom. The molecule has 0 saturated heterocycles. The fourth-order valence-corrected chi connectivity index (χ4v) is 0.936. The molecule has 8 nitrogen and oxygen atoms in total. The fraction of sp³-hybridized carbons (Fsp3) is 0.385. The van der Waals surface area contributed by atoms with Crippen molar-refractivity contribution in [2.45, 2.75) is 5.92 Å². The maximum Gasteiger partial charge on any atom is 0.437 e. The first-order valence-electron chi connectivity index (χ1n) is 6.06. The molecule has 0 aliphatic heterocycles. The maximum atomic E-state index is 13.3. The third kappa shape index (κ3) is 7.69. The van der Waals surface area contributed by atoms with Crippen LogP contribution in [-0.4, -0.2) is 56.2 Å². The molecule has 0 rings (SSSR count). The highest BCUT2D eigenvalue weighted by molar-refractivity contribution is 6.01. The van der Waals surface area contributed by atoms with E-state index in [-0.39, 0.29) is 0 Å². The minimum Gasteiger partial charge on any atom is -0.459 e. The van der Waals surface area contributed by atoms with Crippen molar-refractivity contribution in [1.29, 1.82) is 0 Å². The van der Waals surface area contributed by atoms with E-state index in [9.17, 15) is 28.0 Å². The van der Waals surface area contributed by atoms with Crippen LogP contribution < -0.4 is 0 Å². The normalized spacial score (nSPS) is 10.2. The van der Waals surface area contributed by atoms with E-state index in [0.717, 1.165) is 12.2 Å². The average molecular weight is 336 g/mol. The fourth-order valence-electron chi connectivity index (χ4n) is 0.936. The van der Waals surface area contributed by atoms with E-state index in [2.05, 4.69) is 32.1 Å². The lowest BCUT2D eigenvalue weighted by atomic mass is 10.3. The summed E-state index contributed by atoms with van der Waals surface area (Å²) >= 11 is 0. The van der Waals surface area contributed by atoms with Gasteiger partial charge in [0.2, 0.25) is 0 Å². The van der Waals surface area contributed by atoms with Crippen LogP contribution in [0.4, 0.5) is 8.78 Å². The molecule has 0 saturated carbocycles. The lowest BCUT2D eigenvalue weighted by molar-refractivity contribution is -0.192. The molecule has 0 radical (unpaired) electrons. The molecule has 0 aliphatic carbocycles. The Morgan fingerprint density at radius 1 is 0.739 bits per heavy atom. The highest BCUT2D eigenvalue weighted by Gasteiger charge is 2.51. The maximum absolute atomic E-state index is 13.3. The second kappa shape index (κ2) is 10.0. The van der Waals surface area contributed by atoms with E-state index in [1.165, 1.54) is 0 Å². The average Bonchev–Trinajstić information content (AvgIpc) is 2.54. The number of hydrogen-bond acceptors (Lipinski definition) is 8. The molecule has 0 atom stereocenters. The van der Waals surface area contributed by atoms with Crippen LogP contribution in [0.1, 0.15) is 0 Å². The van der Waals surface area contributed by atoms with Gasteiger partial charge in [-0.1, -0.05) is 13.2 Å². The summed E-state index contributed by atoms with van der Waals surface area (Å²) in [5.74, 6) is -10.5. The molecule has 0 heterocycles. The van der Waals surface area contributed by atoms with Crippen molar-refractivity contribution in [3.8, 4) is 0 Å². The van der Waals surface area contributed by atoms with Crippen molar-refractivity contribution in [2.75, 3.05) is 26.4 Å². The van der Waals surface area contributed by atoms with E-state index < -0.39 is 56.2 Å². The van der Waals surface area contributed by atoms with Gasteiger partial charge in [0.25, 0.3) is 0 Å². The van der Waals surface area contributed by atoms with Gasteiger partial charge in [0.05, 0.1) is 0 Å². The van der Waals surface area contributed by atoms with Gasteiger partial charge >= 0.3 is 29.8 Å². The molecular weight excluding hydrogens is 322 g/mol. The number of carbonyl (C=O) groups is 4. The zero-order valence-corrected chi connectivity index (χ0v) is 11.9. The van der Waals surface area contributed by atoms with E-state index in [1.807, 2.05) is 0 Å². The first kappa shape index (κ1) is 20.2. The van der Waals surface area contributed by atoms with E-state index in [4.69, 9.17) is 0 Å². The predicted molar refractivity (Wildman–Crippen MR) is 69.2 cm³/mol. The molecule has 0 aromatic heterocycles. The van der Waals surface area contributed by atoms with Crippen LogP contribution in [-0.2, 0) is 38.1 Å². The summed E-state index contributed by atoms with van der Waals surface area (Å²) in [7, 11) is 0. The molecule has 10 heteroatoms. The monoisotopic (exact) mass is 336 g/mol. The molecule has 0 spiro atoms. The van der Waals surface area contributed by atoms with Crippen molar-refractivity contribution in [3.63, 3.8) is 0 Å². The van der Waals surface area contributed by atoms with Crippen molar-refractivity contribution in [2.24, 2.45) is 0 Å². The number of hydrogen-bond donors (Lipinski definition) is 0. The van der Waals surface area contributed by atoms with Crippen LogP contribution in [0.2, 0.25) is 0 Å². The Kier molecular flexibility index (Phi) is 8.82. The SMILES string of the molecule is C=CC(=O)OCCOC(=O)C(F)(F)C(=O)OCCOC(=O)C=C. The quantitative estimate of drug-likeness (QED) is 0.183. The molecule has 0 bridgehead atoms. The summed E-state index contributed by atoms with van der Waals surface area (Å²) in [4.78, 5) is 43.4. The molecule has 0 amide bonds. The second-order valence-corrected chi connectivity index (χ2v) is 3.59. The van der Waals surface area contributed by atoms with Gasteiger partial charge < -0.3 is 18.9 Å². The van der Waals surface area contributed by atoms with Crippen LogP contribution in [0.5, 0.6) is 0 Å². The molecule has 0 fully saturated rings. The first-order chi connectivity index (χ1) is 10.8. The van der Waals surface area contributed by atoms with Gasteiger partial charge in [0.15, 0.2) is 0 Å². The van der Waals surface area contributed by atoms with Crippen LogP contribution in [0.15, 0.2) is 25.3 Å². The summed E-state index contributed by atoms with van der Waals surface area (Å²) in [6.45, 7) is 3.84. The topological polar surface area (TPSA) is 105 Å². The molecule has 0 unspecified atom stereocenters. The van der Waals surface area contributed by atoms with Gasteiger partial charge in [-0.2, -0.15) is 8.78 Å². The number of rotatable bonds is 10. The molecule has 23 heavy (non-hydrogen) atoms. The summed E-state index contributed by atoms with van der Waals surface area (Å²) in [5, 5.41) is 0. The van der Waals surface area contributed by atoms with Crippen molar-refractivity contribution in [3.05, 3.63) is 25.3 Å². The summed E-state index contributed by atoms with van der Waals surface area (Å²) in [6.07, 6.45) is 1.65. The largest absolute Gasteiger partial charge is 0.459 e. The van der Waals surface area contributed by atoms with Gasteiger partial charge in [-0.05, 0) is 0 Å². The molecular formula is C13H14F2O8. The van der Waals surface area contributed by atoms with E-state index in [1.54, 1.807) is 0 Å². The minimum absolute atomic E-state index is 0.487. The zero-order chi connectivity index (χ0) is 17.9. The van der Waals surface area contributed by atoms with Gasteiger partial charge in [-0.25, -0.2) is 19.2 Å². The van der Waals surface area contributed by atoms with Crippen LogP contribution in [0, 0.1) is 0 Å². The van der Waals surface area contributed by atoms with E-state index in [0.29, 0.717) is 0 Å². The number of halogens is 2. The molecule has 0 aromatic rings. The van der Waals surface area contributed by atoms with Crippen molar-refractivity contribution in [1.82, 2.24) is 0 Å². The lowest BCUT2D eigenvalue weighted by Gasteiger charge is -2.14. The molecule has 0 N–H and O–H groups in total. The Labute approximate surface area is 129 Å². The molecule has 0 aliphatic rings. The first-order valence-corrected chi connectivity index (χ1v) is 6.06. The molecule has 128 valence electrons. The van der Waals surface area contributed by atoms with Crippen LogP contribution in [0.3, 0.4) is 0 Å². The Balaban J connectivity index is 4.15.